The molecule has 0 amide bonds. The Morgan fingerprint density at radius 2 is 2.06 bits per heavy atom. The van der Waals surface area contributed by atoms with E-state index in [1.54, 1.807) is 7.11 Å². The Morgan fingerprint density at radius 3 is 2.71 bits per heavy atom. The van der Waals surface area contributed by atoms with E-state index in [1.807, 2.05) is 43.4 Å². The predicted molar refractivity (Wildman–Crippen MR) is 67.4 cm³/mol. The third-order valence-corrected chi connectivity index (χ3v) is 2.93. The van der Waals surface area contributed by atoms with Crippen LogP contribution >= 0.6 is 0 Å². The number of hydrogen-bond acceptors (Lipinski definition) is 3. The number of benzene rings is 1. The Morgan fingerprint density at radius 1 is 1.29 bits per heavy atom. The number of carbonyl (C=O) groups is 1. The predicted octanol–water partition coefficient (Wildman–Crippen LogP) is 2.27. The van der Waals surface area contributed by atoms with Crippen molar-refractivity contribution < 1.29 is 9.53 Å². The minimum absolute atomic E-state index is 0.141. The molecule has 0 aromatic heterocycles. The summed E-state index contributed by atoms with van der Waals surface area (Å²) in [6, 6.07) is 5.66. The summed E-state index contributed by atoms with van der Waals surface area (Å²) in [4.78, 5) is 14.1. The van der Waals surface area contributed by atoms with Crippen LogP contribution in [0.5, 0.6) is 5.75 Å². The van der Waals surface area contributed by atoms with E-state index >= 15 is 0 Å². The highest BCUT2D eigenvalue weighted by molar-refractivity contribution is 6.10. The van der Waals surface area contributed by atoms with E-state index in [0.29, 0.717) is 0 Å². The molecule has 3 heteroatoms. The van der Waals surface area contributed by atoms with Gasteiger partial charge in [-0.3, -0.25) is 4.79 Å². The lowest BCUT2D eigenvalue weighted by atomic mass is 9.87. The van der Waals surface area contributed by atoms with E-state index in [4.69, 9.17) is 4.74 Å². The molecule has 90 valence electrons. The molecule has 17 heavy (non-hydrogen) atoms. The maximum atomic E-state index is 12.2. The lowest BCUT2D eigenvalue weighted by molar-refractivity contribution is 0.102. The van der Waals surface area contributed by atoms with Gasteiger partial charge in [0.1, 0.15) is 5.75 Å². The quantitative estimate of drug-likeness (QED) is 0.731. The van der Waals surface area contributed by atoms with Crippen molar-refractivity contribution in [3.8, 4) is 5.75 Å². The third kappa shape index (κ3) is 2.33. The molecule has 0 radical (unpaired) electrons. The number of carbonyl (C=O) groups excluding carboxylic acids is 1. The fraction of sp³-hybridized carbons (Fsp3) is 0.357. The van der Waals surface area contributed by atoms with Gasteiger partial charge >= 0.3 is 0 Å². The highest BCUT2D eigenvalue weighted by Gasteiger charge is 2.22. The van der Waals surface area contributed by atoms with Gasteiger partial charge in [0.25, 0.3) is 0 Å². The molecule has 0 spiro atoms. The van der Waals surface area contributed by atoms with Gasteiger partial charge in [0.15, 0.2) is 5.78 Å². The smallest absolute Gasteiger partial charge is 0.190 e. The highest BCUT2D eigenvalue weighted by Crippen LogP contribution is 2.28. The molecule has 0 atom stereocenters. The molecule has 0 saturated carbocycles. The van der Waals surface area contributed by atoms with Crippen LogP contribution in [0, 0.1) is 0 Å². The molecule has 3 nitrogen and oxygen atoms in total. The van der Waals surface area contributed by atoms with Crippen LogP contribution in [-0.2, 0) is 6.42 Å². The zero-order chi connectivity index (χ0) is 12.4. The Kier molecular flexibility index (Phi) is 3.18. The van der Waals surface area contributed by atoms with E-state index < -0.39 is 0 Å². The van der Waals surface area contributed by atoms with Gasteiger partial charge in [-0.05, 0) is 36.6 Å². The molecule has 0 heterocycles. The van der Waals surface area contributed by atoms with Crippen molar-refractivity contribution in [2.24, 2.45) is 0 Å². The molecule has 0 N–H and O–H groups in total. The van der Waals surface area contributed by atoms with Crippen LogP contribution in [0.4, 0.5) is 0 Å². The molecular formula is C14H17NO2. The summed E-state index contributed by atoms with van der Waals surface area (Å²) in [6.07, 6.45) is 3.62. The summed E-state index contributed by atoms with van der Waals surface area (Å²) in [5.74, 6) is 0.958. The number of allylic oxidation sites excluding steroid dienone is 1. The number of ether oxygens (including phenoxy) is 1. The summed E-state index contributed by atoms with van der Waals surface area (Å²) < 4.78 is 5.17. The fourth-order valence-electron chi connectivity index (χ4n) is 2.12. The Balaban J connectivity index is 2.37. The second-order valence-electron chi connectivity index (χ2n) is 4.47. The van der Waals surface area contributed by atoms with Gasteiger partial charge in [-0.25, -0.2) is 0 Å². The average molecular weight is 231 g/mol. The number of aryl methyl sites for hydroxylation is 1. The number of Topliss-reactive ketones (excluding diaryl/α,β-unsaturated/α-hetero) is 1. The highest BCUT2D eigenvalue weighted by atomic mass is 16.5. The summed E-state index contributed by atoms with van der Waals surface area (Å²) in [6.45, 7) is 0. The summed E-state index contributed by atoms with van der Waals surface area (Å²) in [7, 11) is 5.51. The average Bonchev–Trinajstić information content (AvgIpc) is 2.32. The maximum Gasteiger partial charge on any atom is 0.190 e. The molecule has 1 aliphatic carbocycles. The first kappa shape index (κ1) is 11.7. The van der Waals surface area contributed by atoms with Crippen LogP contribution in [0.1, 0.15) is 22.3 Å². The first-order valence-electron chi connectivity index (χ1n) is 5.70. The number of nitrogens with zero attached hydrogens (tertiary/aromatic N) is 1. The van der Waals surface area contributed by atoms with Crippen LogP contribution in [0.3, 0.4) is 0 Å². The number of methoxy groups -OCH3 is 1. The van der Waals surface area contributed by atoms with E-state index in [2.05, 4.69) is 0 Å². The fourth-order valence-corrected chi connectivity index (χ4v) is 2.12. The van der Waals surface area contributed by atoms with Gasteiger partial charge in [-0.2, -0.15) is 0 Å². The Hall–Kier alpha value is -1.77. The second kappa shape index (κ2) is 4.62. The van der Waals surface area contributed by atoms with E-state index in [0.717, 1.165) is 35.3 Å². The number of rotatable bonds is 2. The standard InChI is InChI=1S/C14H17NO2/c1-15(2)9-11-5-4-10-8-12(17-3)6-7-13(10)14(11)16/h6-9H,4-5H2,1-3H3. The van der Waals surface area contributed by atoms with E-state index in [1.165, 1.54) is 0 Å². The minimum Gasteiger partial charge on any atom is -0.497 e. The van der Waals surface area contributed by atoms with Crippen molar-refractivity contribution in [1.29, 1.82) is 0 Å². The molecule has 1 aromatic rings. The maximum absolute atomic E-state index is 12.2. The number of ketones is 1. The molecule has 0 unspecified atom stereocenters. The van der Waals surface area contributed by atoms with Crippen LogP contribution in [0.15, 0.2) is 30.0 Å². The third-order valence-electron chi connectivity index (χ3n) is 2.93. The molecule has 1 aliphatic rings. The molecule has 1 aromatic carbocycles. The molecular weight excluding hydrogens is 214 g/mol. The van der Waals surface area contributed by atoms with Crippen LogP contribution in [-0.4, -0.2) is 31.9 Å². The zero-order valence-electron chi connectivity index (χ0n) is 10.5. The van der Waals surface area contributed by atoms with Crippen molar-refractivity contribution >= 4 is 5.78 Å². The lowest BCUT2D eigenvalue weighted by Crippen LogP contribution is -2.17. The van der Waals surface area contributed by atoms with E-state index in [9.17, 15) is 4.79 Å². The van der Waals surface area contributed by atoms with Gasteiger partial charge in [0.05, 0.1) is 7.11 Å². The Bertz CT molecular complexity index is 475. The van der Waals surface area contributed by atoms with E-state index in [-0.39, 0.29) is 5.78 Å². The first-order valence-corrected chi connectivity index (χ1v) is 5.70. The Labute approximate surface area is 102 Å². The van der Waals surface area contributed by atoms with Gasteiger partial charge < -0.3 is 9.64 Å². The summed E-state index contributed by atoms with van der Waals surface area (Å²) in [5, 5.41) is 0. The summed E-state index contributed by atoms with van der Waals surface area (Å²) >= 11 is 0. The molecule has 0 fully saturated rings. The van der Waals surface area contributed by atoms with Crippen molar-refractivity contribution in [2.45, 2.75) is 12.8 Å². The number of fused-ring (bicyclic) bond motifs is 1. The van der Waals surface area contributed by atoms with Gasteiger partial charge in [0, 0.05) is 31.4 Å². The topological polar surface area (TPSA) is 29.5 Å². The number of hydrogen-bond donors (Lipinski definition) is 0. The molecule has 0 saturated heterocycles. The lowest BCUT2D eigenvalue weighted by Gasteiger charge is -2.19. The van der Waals surface area contributed by atoms with Crippen molar-refractivity contribution in [3.05, 3.63) is 41.1 Å². The monoisotopic (exact) mass is 231 g/mol. The van der Waals surface area contributed by atoms with Crippen molar-refractivity contribution in [2.75, 3.05) is 21.2 Å². The van der Waals surface area contributed by atoms with Crippen molar-refractivity contribution in [1.82, 2.24) is 4.90 Å². The SMILES string of the molecule is COc1ccc2c(c1)CCC(=CN(C)C)C2=O. The minimum atomic E-state index is 0.141. The second-order valence-corrected chi connectivity index (χ2v) is 4.47. The van der Waals surface area contributed by atoms with Crippen LogP contribution < -0.4 is 4.74 Å². The zero-order valence-corrected chi connectivity index (χ0v) is 10.5. The van der Waals surface area contributed by atoms with Crippen LogP contribution in [0.2, 0.25) is 0 Å². The molecule has 2 rings (SSSR count). The van der Waals surface area contributed by atoms with Crippen molar-refractivity contribution in [3.63, 3.8) is 0 Å². The van der Waals surface area contributed by atoms with Crippen LogP contribution in [0.25, 0.3) is 0 Å². The molecule has 0 aliphatic heterocycles. The van der Waals surface area contributed by atoms with Gasteiger partial charge in [-0.1, -0.05) is 0 Å². The van der Waals surface area contributed by atoms with Gasteiger partial charge in [0.2, 0.25) is 0 Å². The first-order chi connectivity index (χ1) is 8.11. The van der Waals surface area contributed by atoms with Gasteiger partial charge in [-0.15, -0.1) is 0 Å². The molecule has 0 bridgehead atoms. The normalized spacial score (nSPS) is 16.9. The summed E-state index contributed by atoms with van der Waals surface area (Å²) in [5.41, 5.74) is 2.78. The largest absolute Gasteiger partial charge is 0.497 e.